The Balaban J connectivity index is 1.59. The number of pyridine rings is 1. The van der Waals surface area contributed by atoms with Crippen LogP contribution in [0.4, 0.5) is 19.0 Å². The van der Waals surface area contributed by atoms with Gasteiger partial charge < -0.3 is 9.73 Å². The Labute approximate surface area is 145 Å². The Morgan fingerprint density at radius 2 is 2.04 bits per heavy atom. The van der Waals surface area contributed by atoms with Gasteiger partial charge in [0.25, 0.3) is 0 Å². The van der Waals surface area contributed by atoms with E-state index in [0.717, 1.165) is 18.9 Å². The van der Waals surface area contributed by atoms with Crippen LogP contribution in [0.3, 0.4) is 0 Å². The number of nitrogens with zero attached hydrogens (tertiary/aromatic N) is 5. The van der Waals surface area contributed by atoms with Crippen LogP contribution < -0.4 is 5.32 Å². The van der Waals surface area contributed by atoms with Gasteiger partial charge >= 0.3 is 6.18 Å². The molecule has 1 N–H and O–H groups in total. The number of anilines is 1. The summed E-state index contributed by atoms with van der Waals surface area (Å²) in [5.41, 5.74) is -0.659. The molecule has 7 nitrogen and oxygen atoms in total. The monoisotopic (exact) mass is 362 g/mol. The first kappa shape index (κ1) is 16.4. The van der Waals surface area contributed by atoms with E-state index in [1.165, 1.54) is 12.4 Å². The predicted molar refractivity (Wildman–Crippen MR) is 83.9 cm³/mol. The molecule has 0 saturated heterocycles. The molecule has 1 aliphatic carbocycles. The topological polar surface area (TPSA) is 89.6 Å². The highest BCUT2D eigenvalue weighted by Gasteiger charge is 2.34. The predicted octanol–water partition coefficient (Wildman–Crippen LogP) is 3.43. The van der Waals surface area contributed by atoms with Gasteiger partial charge in [0.2, 0.25) is 11.8 Å². The summed E-state index contributed by atoms with van der Waals surface area (Å²) in [5, 5.41) is 10.6. The van der Waals surface area contributed by atoms with Crippen LogP contribution >= 0.6 is 0 Å². The summed E-state index contributed by atoms with van der Waals surface area (Å²) in [7, 11) is 0. The van der Waals surface area contributed by atoms with E-state index in [9.17, 15) is 13.2 Å². The van der Waals surface area contributed by atoms with Crippen molar-refractivity contribution < 1.29 is 17.6 Å². The van der Waals surface area contributed by atoms with Crippen molar-refractivity contribution in [2.75, 3.05) is 5.32 Å². The third kappa shape index (κ3) is 3.63. The molecule has 1 fully saturated rings. The van der Waals surface area contributed by atoms with Crippen molar-refractivity contribution in [1.29, 1.82) is 0 Å². The molecule has 0 aliphatic heterocycles. The van der Waals surface area contributed by atoms with E-state index in [2.05, 4.69) is 30.5 Å². The van der Waals surface area contributed by atoms with Gasteiger partial charge in [-0.1, -0.05) is 0 Å². The zero-order chi connectivity index (χ0) is 18.1. The van der Waals surface area contributed by atoms with Gasteiger partial charge in [-0.3, -0.25) is 4.98 Å². The molecule has 0 spiro atoms. The summed E-state index contributed by atoms with van der Waals surface area (Å²) < 4.78 is 44.9. The number of nitrogens with one attached hydrogen (secondary N) is 1. The van der Waals surface area contributed by atoms with Gasteiger partial charge in [-0.25, -0.2) is 9.97 Å². The number of rotatable bonds is 5. The summed E-state index contributed by atoms with van der Waals surface area (Å²) in [6, 6.07) is 4.04. The lowest BCUT2D eigenvalue weighted by Gasteiger charge is -2.11. The molecule has 0 amide bonds. The molecular formula is C16H13F3N6O. The quantitative estimate of drug-likeness (QED) is 0.744. The fourth-order valence-corrected chi connectivity index (χ4v) is 2.31. The van der Waals surface area contributed by atoms with Crippen molar-refractivity contribution >= 4 is 5.82 Å². The molecule has 3 aromatic rings. The Hall–Kier alpha value is -3.04. The largest absolute Gasteiger partial charge is 0.433 e. The van der Waals surface area contributed by atoms with Crippen LogP contribution in [-0.2, 0) is 12.7 Å². The smallest absolute Gasteiger partial charge is 0.423 e. The third-order valence-electron chi connectivity index (χ3n) is 3.77. The highest BCUT2D eigenvalue weighted by molar-refractivity contribution is 5.56. The highest BCUT2D eigenvalue weighted by Crippen LogP contribution is 2.39. The summed E-state index contributed by atoms with van der Waals surface area (Å²) in [5.74, 6) is 1.11. The number of halogens is 3. The van der Waals surface area contributed by atoms with Crippen LogP contribution in [0, 0.1) is 0 Å². The lowest BCUT2D eigenvalue weighted by molar-refractivity contribution is -0.141. The van der Waals surface area contributed by atoms with Crippen LogP contribution in [0.1, 0.15) is 36.2 Å². The van der Waals surface area contributed by atoms with Gasteiger partial charge in [0.05, 0.1) is 6.54 Å². The Morgan fingerprint density at radius 3 is 2.73 bits per heavy atom. The van der Waals surface area contributed by atoms with E-state index in [-0.39, 0.29) is 18.2 Å². The second kappa shape index (κ2) is 6.36. The van der Waals surface area contributed by atoms with Crippen molar-refractivity contribution in [3.63, 3.8) is 0 Å². The van der Waals surface area contributed by atoms with Gasteiger partial charge in [-0.05, 0) is 25.0 Å². The minimum absolute atomic E-state index is 0.0114. The molecule has 0 unspecified atom stereocenters. The zero-order valence-electron chi connectivity index (χ0n) is 13.4. The zero-order valence-corrected chi connectivity index (χ0v) is 13.4. The van der Waals surface area contributed by atoms with Gasteiger partial charge in [0.1, 0.15) is 5.82 Å². The molecule has 1 aliphatic rings. The maximum absolute atomic E-state index is 13.2. The van der Waals surface area contributed by atoms with Gasteiger partial charge in [0, 0.05) is 29.9 Å². The van der Waals surface area contributed by atoms with Crippen LogP contribution in [0.2, 0.25) is 0 Å². The molecule has 10 heteroatoms. The normalized spacial score (nSPS) is 14.4. The number of hydrogen-bond donors (Lipinski definition) is 1. The summed E-state index contributed by atoms with van der Waals surface area (Å²) >= 11 is 0. The first-order valence-corrected chi connectivity index (χ1v) is 7.92. The average molecular weight is 362 g/mol. The minimum Gasteiger partial charge on any atom is -0.423 e. The Kier molecular flexibility index (Phi) is 4.02. The maximum atomic E-state index is 13.2. The first-order valence-electron chi connectivity index (χ1n) is 7.92. The molecule has 0 radical (unpaired) electrons. The highest BCUT2D eigenvalue weighted by atomic mass is 19.4. The Morgan fingerprint density at radius 1 is 1.19 bits per heavy atom. The lowest BCUT2D eigenvalue weighted by Crippen LogP contribution is -2.12. The van der Waals surface area contributed by atoms with Gasteiger partial charge in [0.15, 0.2) is 11.5 Å². The second-order valence-electron chi connectivity index (χ2n) is 5.86. The standard InChI is InChI=1S/C16H13F3N6O/c17-16(18,19)11-6-12(23-14(22-11)10-2-1-5-20-7-10)21-8-13-24-25-15(26-13)9-3-4-9/h1-2,5-7,9H,3-4,8H2,(H,21,22,23). The molecule has 134 valence electrons. The minimum atomic E-state index is -4.60. The molecule has 0 aromatic carbocycles. The summed E-state index contributed by atoms with van der Waals surface area (Å²) in [6.45, 7) is 0.0700. The molecule has 26 heavy (non-hydrogen) atoms. The molecule has 4 rings (SSSR count). The SMILES string of the molecule is FC(F)(F)c1cc(NCc2nnc(C3CC3)o2)nc(-c2cccnc2)n1. The molecule has 3 aromatic heterocycles. The first-order chi connectivity index (χ1) is 12.5. The Bertz CT molecular complexity index is 908. The summed E-state index contributed by atoms with van der Waals surface area (Å²) in [6.07, 6.45) is 0.358. The van der Waals surface area contributed by atoms with E-state index in [1.807, 2.05) is 0 Å². The van der Waals surface area contributed by atoms with Crippen molar-refractivity contribution in [1.82, 2.24) is 25.1 Å². The van der Waals surface area contributed by atoms with Gasteiger partial charge in [-0.15, -0.1) is 10.2 Å². The van der Waals surface area contributed by atoms with Crippen LogP contribution in [0.5, 0.6) is 0 Å². The van der Waals surface area contributed by atoms with E-state index in [1.54, 1.807) is 12.1 Å². The number of alkyl halides is 3. The van der Waals surface area contributed by atoms with E-state index in [0.29, 0.717) is 23.3 Å². The van der Waals surface area contributed by atoms with E-state index in [4.69, 9.17) is 4.42 Å². The van der Waals surface area contributed by atoms with Crippen LogP contribution in [0.25, 0.3) is 11.4 Å². The molecule has 3 heterocycles. The summed E-state index contributed by atoms with van der Waals surface area (Å²) in [4.78, 5) is 11.6. The van der Waals surface area contributed by atoms with Crippen LogP contribution in [0.15, 0.2) is 35.0 Å². The molecule has 1 saturated carbocycles. The van der Waals surface area contributed by atoms with Crippen LogP contribution in [-0.4, -0.2) is 25.1 Å². The van der Waals surface area contributed by atoms with Gasteiger partial charge in [-0.2, -0.15) is 13.2 Å². The average Bonchev–Trinajstić information content (AvgIpc) is 3.38. The third-order valence-corrected chi connectivity index (χ3v) is 3.77. The second-order valence-corrected chi connectivity index (χ2v) is 5.86. The number of aromatic nitrogens is 5. The van der Waals surface area contributed by atoms with Crippen molar-refractivity contribution in [2.24, 2.45) is 0 Å². The maximum Gasteiger partial charge on any atom is 0.433 e. The van der Waals surface area contributed by atoms with Crippen molar-refractivity contribution in [3.8, 4) is 11.4 Å². The fourth-order valence-electron chi connectivity index (χ4n) is 2.31. The van der Waals surface area contributed by atoms with E-state index < -0.39 is 11.9 Å². The molecule has 0 bridgehead atoms. The molecular weight excluding hydrogens is 349 g/mol. The fraction of sp³-hybridized carbons (Fsp3) is 0.312. The molecule has 0 atom stereocenters. The van der Waals surface area contributed by atoms with E-state index >= 15 is 0 Å². The lowest BCUT2D eigenvalue weighted by atomic mass is 10.2. The van der Waals surface area contributed by atoms with Crippen molar-refractivity contribution in [3.05, 3.63) is 48.1 Å². The number of hydrogen-bond acceptors (Lipinski definition) is 7. The van der Waals surface area contributed by atoms with Crippen molar-refractivity contribution in [2.45, 2.75) is 31.5 Å².